The summed E-state index contributed by atoms with van der Waals surface area (Å²) in [6.45, 7) is 11.6. The minimum absolute atomic E-state index is 0.0997. The molecule has 0 aliphatic heterocycles. The second kappa shape index (κ2) is 6.89. The maximum atomic E-state index is 13.6. The number of nitrogens with one attached hydrogen (secondary N) is 1. The minimum atomic E-state index is -0.0997. The monoisotopic (exact) mass is 251 g/mol. The van der Waals surface area contributed by atoms with E-state index in [4.69, 9.17) is 0 Å². The molecule has 0 aromatic heterocycles. The molecule has 0 fully saturated rings. The fourth-order valence-corrected chi connectivity index (χ4v) is 2.40. The van der Waals surface area contributed by atoms with Gasteiger partial charge in [0.05, 0.1) is 0 Å². The van der Waals surface area contributed by atoms with Crippen molar-refractivity contribution in [3.8, 4) is 0 Å². The minimum Gasteiger partial charge on any atom is -0.313 e. The second-order valence-electron chi connectivity index (χ2n) is 5.52. The van der Waals surface area contributed by atoms with Crippen molar-refractivity contribution in [3.63, 3.8) is 0 Å². The van der Waals surface area contributed by atoms with E-state index in [9.17, 15) is 4.39 Å². The van der Waals surface area contributed by atoms with E-state index in [1.54, 1.807) is 13.0 Å². The van der Waals surface area contributed by atoms with E-state index in [0.29, 0.717) is 23.4 Å². The fourth-order valence-electron chi connectivity index (χ4n) is 2.40. The highest BCUT2D eigenvalue weighted by atomic mass is 19.1. The van der Waals surface area contributed by atoms with Crippen molar-refractivity contribution in [3.05, 3.63) is 35.1 Å². The molecule has 1 nitrogen and oxygen atoms in total. The van der Waals surface area contributed by atoms with E-state index in [0.717, 1.165) is 18.5 Å². The number of hydrogen-bond donors (Lipinski definition) is 1. The van der Waals surface area contributed by atoms with Crippen molar-refractivity contribution >= 4 is 0 Å². The molecule has 1 N–H and O–H groups in total. The van der Waals surface area contributed by atoms with Crippen molar-refractivity contribution in [1.29, 1.82) is 0 Å². The van der Waals surface area contributed by atoms with Gasteiger partial charge in [-0.2, -0.15) is 0 Å². The molecule has 0 spiro atoms. The van der Waals surface area contributed by atoms with E-state index in [2.05, 4.69) is 33.0 Å². The Kier molecular flexibility index (Phi) is 5.80. The van der Waals surface area contributed by atoms with Gasteiger partial charge >= 0.3 is 0 Å². The standard InChI is InChI=1S/C16H26FN/c1-6-9-18-16(11(2)3)13(5)14-8-7-12(4)15(17)10-14/h7-8,10-11,13,16,18H,6,9H2,1-5H3. The van der Waals surface area contributed by atoms with Crippen LogP contribution in [0, 0.1) is 18.7 Å². The Morgan fingerprint density at radius 3 is 2.39 bits per heavy atom. The van der Waals surface area contributed by atoms with Crippen molar-refractivity contribution in [2.24, 2.45) is 5.92 Å². The Labute approximate surface area is 111 Å². The lowest BCUT2D eigenvalue weighted by Gasteiger charge is -2.29. The summed E-state index contributed by atoms with van der Waals surface area (Å²) in [6.07, 6.45) is 1.12. The van der Waals surface area contributed by atoms with Crippen LogP contribution in [0.15, 0.2) is 18.2 Å². The van der Waals surface area contributed by atoms with Crippen molar-refractivity contribution in [2.45, 2.75) is 53.0 Å². The maximum Gasteiger partial charge on any atom is 0.126 e. The first-order chi connectivity index (χ1) is 8.47. The Morgan fingerprint density at radius 2 is 1.89 bits per heavy atom. The molecule has 2 heteroatoms. The zero-order valence-electron chi connectivity index (χ0n) is 12.3. The Balaban J connectivity index is 2.87. The number of halogens is 1. The Bertz CT molecular complexity index is 373. The van der Waals surface area contributed by atoms with Crippen LogP contribution in [0.3, 0.4) is 0 Å². The SMILES string of the molecule is CCCNC(C(C)C)C(C)c1ccc(C)c(F)c1. The van der Waals surface area contributed by atoms with Gasteiger partial charge in [0.15, 0.2) is 0 Å². The lowest BCUT2D eigenvalue weighted by Crippen LogP contribution is -2.38. The molecule has 0 amide bonds. The number of rotatable bonds is 6. The van der Waals surface area contributed by atoms with Gasteiger partial charge in [0, 0.05) is 6.04 Å². The largest absolute Gasteiger partial charge is 0.313 e. The smallest absolute Gasteiger partial charge is 0.126 e. The van der Waals surface area contributed by atoms with Gasteiger partial charge in [0.25, 0.3) is 0 Å². The highest BCUT2D eigenvalue weighted by molar-refractivity contribution is 5.27. The van der Waals surface area contributed by atoms with Crippen molar-refractivity contribution in [2.75, 3.05) is 6.54 Å². The first-order valence-electron chi connectivity index (χ1n) is 6.96. The van der Waals surface area contributed by atoms with E-state index in [1.165, 1.54) is 0 Å². The summed E-state index contributed by atoms with van der Waals surface area (Å²) in [7, 11) is 0. The molecule has 18 heavy (non-hydrogen) atoms. The predicted octanol–water partition coefficient (Wildman–Crippen LogP) is 4.26. The molecule has 0 aliphatic rings. The summed E-state index contributed by atoms with van der Waals surface area (Å²) in [5.41, 5.74) is 1.80. The third-order valence-corrected chi connectivity index (χ3v) is 3.61. The van der Waals surface area contributed by atoms with Crippen LogP contribution in [0.5, 0.6) is 0 Å². The molecule has 0 saturated heterocycles. The lowest BCUT2D eigenvalue weighted by molar-refractivity contribution is 0.353. The average Bonchev–Trinajstić information content (AvgIpc) is 2.32. The van der Waals surface area contributed by atoms with Gasteiger partial charge in [-0.15, -0.1) is 0 Å². The first-order valence-corrected chi connectivity index (χ1v) is 6.96. The van der Waals surface area contributed by atoms with Crippen LogP contribution in [-0.2, 0) is 0 Å². The second-order valence-corrected chi connectivity index (χ2v) is 5.52. The van der Waals surface area contributed by atoms with Crippen LogP contribution in [-0.4, -0.2) is 12.6 Å². The molecule has 0 bridgehead atoms. The highest BCUT2D eigenvalue weighted by Crippen LogP contribution is 2.25. The van der Waals surface area contributed by atoms with Crippen LogP contribution in [0.1, 0.15) is 51.2 Å². The van der Waals surface area contributed by atoms with Gasteiger partial charge in [-0.3, -0.25) is 0 Å². The molecular formula is C16H26FN. The van der Waals surface area contributed by atoms with Gasteiger partial charge in [-0.05, 0) is 48.9 Å². The third-order valence-electron chi connectivity index (χ3n) is 3.61. The molecule has 1 aromatic rings. The number of hydrogen-bond acceptors (Lipinski definition) is 1. The predicted molar refractivity (Wildman–Crippen MR) is 76.5 cm³/mol. The van der Waals surface area contributed by atoms with Crippen LogP contribution in [0.4, 0.5) is 4.39 Å². The summed E-state index contributed by atoms with van der Waals surface area (Å²) in [4.78, 5) is 0. The van der Waals surface area contributed by atoms with Crippen molar-refractivity contribution in [1.82, 2.24) is 5.32 Å². The van der Waals surface area contributed by atoms with E-state index >= 15 is 0 Å². The molecule has 2 unspecified atom stereocenters. The molecule has 1 aromatic carbocycles. The van der Waals surface area contributed by atoms with Crippen LogP contribution in [0.25, 0.3) is 0 Å². The van der Waals surface area contributed by atoms with Gasteiger partial charge in [0.2, 0.25) is 0 Å². The Morgan fingerprint density at radius 1 is 1.22 bits per heavy atom. The van der Waals surface area contributed by atoms with E-state index in [1.807, 2.05) is 12.1 Å². The number of aryl methyl sites for hydroxylation is 1. The van der Waals surface area contributed by atoms with E-state index < -0.39 is 0 Å². The molecule has 0 saturated carbocycles. The summed E-state index contributed by atoms with van der Waals surface area (Å²) >= 11 is 0. The zero-order chi connectivity index (χ0) is 13.7. The van der Waals surface area contributed by atoms with Crippen LogP contribution >= 0.6 is 0 Å². The molecule has 102 valence electrons. The summed E-state index contributed by atoms with van der Waals surface area (Å²) in [5.74, 6) is 0.764. The molecule has 1 rings (SSSR count). The maximum absolute atomic E-state index is 13.6. The van der Waals surface area contributed by atoms with Gasteiger partial charge in [-0.25, -0.2) is 4.39 Å². The Hall–Kier alpha value is -0.890. The molecule has 0 radical (unpaired) electrons. The van der Waals surface area contributed by atoms with Gasteiger partial charge in [0.1, 0.15) is 5.82 Å². The molecule has 0 heterocycles. The molecule has 0 aliphatic carbocycles. The van der Waals surface area contributed by atoms with Crippen LogP contribution < -0.4 is 5.32 Å². The summed E-state index contributed by atoms with van der Waals surface area (Å²) in [5, 5.41) is 3.58. The van der Waals surface area contributed by atoms with Gasteiger partial charge in [-0.1, -0.05) is 39.8 Å². The average molecular weight is 251 g/mol. The van der Waals surface area contributed by atoms with Crippen LogP contribution in [0.2, 0.25) is 0 Å². The molecule has 2 atom stereocenters. The first kappa shape index (κ1) is 15.2. The van der Waals surface area contributed by atoms with E-state index in [-0.39, 0.29) is 5.82 Å². The fraction of sp³-hybridized carbons (Fsp3) is 0.625. The normalized spacial score (nSPS) is 14.8. The van der Waals surface area contributed by atoms with Gasteiger partial charge < -0.3 is 5.32 Å². The lowest BCUT2D eigenvalue weighted by atomic mass is 9.86. The van der Waals surface area contributed by atoms with Crippen molar-refractivity contribution < 1.29 is 4.39 Å². The highest BCUT2D eigenvalue weighted by Gasteiger charge is 2.21. The summed E-state index contributed by atoms with van der Waals surface area (Å²) in [6, 6.07) is 6.00. The summed E-state index contributed by atoms with van der Waals surface area (Å²) < 4.78 is 13.6. The molecular weight excluding hydrogens is 225 g/mol. The third kappa shape index (κ3) is 3.81. The topological polar surface area (TPSA) is 12.0 Å². The number of benzene rings is 1. The quantitative estimate of drug-likeness (QED) is 0.796. The zero-order valence-corrected chi connectivity index (χ0v) is 12.3.